The van der Waals surface area contributed by atoms with E-state index >= 15 is 0 Å². The Morgan fingerprint density at radius 1 is 0.964 bits per heavy atom. The van der Waals surface area contributed by atoms with Crippen molar-refractivity contribution in [1.82, 2.24) is 9.80 Å². The first kappa shape index (κ1) is 20.4. The first-order chi connectivity index (χ1) is 13.5. The molecule has 2 aromatic rings. The zero-order chi connectivity index (χ0) is 19.9. The van der Waals surface area contributed by atoms with Gasteiger partial charge in [0.2, 0.25) is 5.91 Å². The van der Waals surface area contributed by atoms with E-state index in [1.807, 2.05) is 24.3 Å². The number of benzene rings is 2. The summed E-state index contributed by atoms with van der Waals surface area (Å²) in [6.45, 7) is 9.49. The second-order valence-electron chi connectivity index (χ2n) is 7.73. The average molecular weight is 382 g/mol. The zero-order valence-corrected chi connectivity index (χ0v) is 17.1. The molecule has 0 aliphatic carbocycles. The summed E-state index contributed by atoms with van der Waals surface area (Å²) in [6, 6.07) is 16.4. The van der Waals surface area contributed by atoms with Crippen LogP contribution in [0.2, 0.25) is 0 Å². The van der Waals surface area contributed by atoms with Crippen molar-refractivity contribution in [2.75, 3.05) is 45.2 Å². The molecule has 0 spiro atoms. The van der Waals surface area contributed by atoms with E-state index in [0.717, 1.165) is 44.2 Å². The summed E-state index contributed by atoms with van der Waals surface area (Å²) in [4.78, 5) is 17.0. The first-order valence-corrected chi connectivity index (χ1v) is 10.0. The summed E-state index contributed by atoms with van der Waals surface area (Å²) in [6.07, 6.45) is 0. The molecule has 5 nitrogen and oxygen atoms in total. The minimum atomic E-state index is 0.0564. The van der Waals surface area contributed by atoms with Gasteiger partial charge in [0.15, 0.2) is 0 Å². The zero-order valence-electron chi connectivity index (χ0n) is 17.1. The van der Waals surface area contributed by atoms with Crippen LogP contribution in [0.25, 0.3) is 0 Å². The predicted molar refractivity (Wildman–Crippen MR) is 114 cm³/mol. The Kier molecular flexibility index (Phi) is 7.06. The smallest absolute Gasteiger partial charge is 0.238 e. The minimum absolute atomic E-state index is 0.0564. The third kappa shape index (κ3) is 5.81. The van der Waals surface area contributed by atoms with Gasteiger partial charge < -0.3 is 10.1 Å². The molecule has 28 heavy (non-hydrogen) atoms. The van der Waals surface area contributed by atoms with Gasteiger partial charge in [-0.15, -0.1) is 0 Å². The van der Waals surface area contributed by atoms with E-state index in [4.69, 9.17) is 4.74 Å². The van der Waals surface area contributed by atoms with Gasteiger partial charge in [0, 0.05) is 38.4 Å². The fraction of sp³-hybridized carbons (Fsp3) is 0.435. The summed E-state index contributed by atoms with van der Waals surface area (Å²) in [7, 11) is 1.69. The Balaban J connectivity index is 1.41. The first-order valence-electron chi connectivity index (χ1n) is 10.0. The Bertz CT molecular complexity index is 748. The van der Waals surface area contributed by atoms with Gasteiger partial charge in [-0.3, -0.25) is 14.6 Å². The number of ether oxygens (including phenoxy) is 1. The molecule has 1 fully saturated rings. The molecule has 1 heterocycles. The third-order valence-electron chi connectivity index (χ3n) is 5.26. The number of carbonyl (C=O) groups is 1. The molecule has 1 amide bonds. The van der Waals surface area contributed by atoms with Crippen LogP contribution < -0.4 is 10.1 Å². The molecule has 2 aromatic carbocycles. The van der Waals surface area contributed by atoms with Crippen molar-refractivity contribution in [3.8, 4) is 5.75 Å². The molecule has 150 valence electrons. The standard InChI is InChI=1S/C23H31N3O2/c1-18(2)20-6-8-21(9-7-20)24-23(27)17-26-14-12-25(13-15-26)16-19-4-10-22(28-3)11-5-19/h4-11,18H,12-17H2,1-3H3,(H,24,27). The number of anilines is 1. The summed E-state index contributed by atoms with van der Waals surface area (Å²) < 4.78 is 5.21. The molecular weight excluding hydrogens is 350 g/mol. The van der Waals surface area contributed by atoms with Crippen LogP contribution in [0.1, 0.15) is 30.9 Å². The van der Waals surface area contributed by atoms with Crippen LogP contribution in [0.3, 0.4) is 0 Å². The lowest BCUT2D eigenvalue weighted by molar-refractivity contribution is -0.117. The second-order valence-corrected chi connectivity index (χ2v) is 7.73. The molecule has 1 aliphatic heterocycles. The van der Waals surface area contributed by atoms with Gasteiger partial charge in [0.05, 0.1) is 13.7 Å². The predicted octanol–water partition coefficient (Wildman–Crippen LogP) is 3.57. The lowest BCUT2D eigenvalue weighted by atomic mass is 10.0. The summed E-state index contributed by atoms with van der Waals surface area (Å²) in [5.41, 5.74) is 3.44. The van der Waals surface area contributed by atoms with Crippen LogP contribution in [0.15, 0.2) is 48.5 Å². The number of piperazine rings is 1. The average Bonchev–Trinajstić information content (AvgIpc) is 2.70. The number of hydrogen-bond acceptors (Lipinski definition) is 4. The highest BCUT2D eigenvalue weighted by Crippen LogP contribution is 2.17. The van der Waals surface area contributed by atoms with Crippen molar-refractivity contribution in [1.29, 1.82) is 0 Å². The number of hydrogen-bond donors (Lipinski definition) is 1. The number of methoxy groups -OCH3 is 1. The maximum absolute atomic E-state index is 12.4. The molecule has 1 N–H and O–H groups in total. The van der Waals surface area contributed by atoms with Crippen molar-refractivity contribution >= 4 is 11.6 Å². The van der Waals surface area contributed by atoms with E-state index < -0.39 is 0 Å². The van der Waals surface area contributed by atoms with Crippen LogP contribution in [0.4, 0.5) is 5.69 Å². The molecule has 0 saturated carbocycles. The Morgan fingerprint density at radius 2 is 1.57 bits per heavy atom. The molecule has 1 saturated heterocycles. The molecule has 0 bridgehead atoms. The number of nitrogens with zero attached hydrogens (tertiary/aromatic N) is 2. The van der Waals surface area contributed by atoms with Gasteiger partial charge in [-0.2, -0.15) is 0 Å². The number of amides is 1. The number of nitrogens with one attached hydrogen (secondary N) is 1. The van der Waals surface area contributed by atoms with Crippen LogP contribution in [0, 0.1) is 0 Å². The van der Waals surface area contributed by atoms with Gasteiger partial charge in [-0.1, -0.05) is 38.1 Å². The van der Waals surface area contributed by atoms with Crippen LogP contribution in [-0.4, -0.2) is 55.5 Å². The van der Waals surface area contributed by atoms with Crippen molar-refractivity contribution in [3.63, 3.8) is 0 Å². The third-order valence-corrected chi connectivity index (χ3v) is 5.26. The second kappa shape index (κ2) is 9.71. The normalized spacial score (nSPS) is 15.6. The van der Waals surface area contributed by atoms with Crippen LogP contribution in [0.5, 0.6) is 5.75 Å². The van der Waals surface area contributed by atoms with Crippen molar-refractivity contribution in [3.05, 3.63) is 59.7 Å². The van der Waals surface area contributed by atoms with Gasteiger partial charge in [0.25, 0.3) is 0 Å². The van der Waals surface area contributed by atoms with Crippen LogP contribution >= 0.6 is 0 Å². The van der Waals surface area contributed by atoms with Crippen molar-refractivity contribution in [2.45, 2.75) is 26.3 Å². The molecule has 0 atom stereocenters. The Hall–Kier alpha value is -2.37. The highest BCUT2D eigenvalue weighted by molar-refractivity contribution is 5.92. The number of carbonyl (C=O) groups excluding carboxylic acids is 1. The highest BCUT2D eigenvalue weighted by atomic mass is 16.5. The molecule has 0 aromatic heterocycles. The van der Waals surface area contributed by atoms with E-state index in [-0.39, 0.29) is 5.91 Å². The summed E-state index contributed by atoms with van der Waals surface area (Å²) in [5.74, 6) is 1.44. The maximum atomic E-state index is 12.4. The number of rotatable bonds is 7. The van der Waals surface area contributed by atoms with E-state index in [1.165, 1.54) is 11.1 Å². The van der Waals surface area contributed by atoms with E-state index in [2.05, 4.69) is 53.2 Å². The SMILES string of the molecule is COc1ccc(CN2CCN(CC(=O)Nc3ccc(C(C)C)cc3)CC2)cc1. The largest absolute Gasteiger partial charge is 0.497 e. The molecule has 3 rings (SSSR count). The fourth-order valence-corrected chi connectivity index (χ4v) is 3.45. The highest BCUT2D eigenvalue weighted by Gasteiger charge is 2.19. The van der Waals surface area contributed by atoms with Gasteiger partial charge >= 0.3 is 0 Å². The van der Waals surface area contributed by atoms with Gasteiger partial charge in [-0.05, 0) is 41.3 Å². The lowest BCUT2D eigenvalue weighted by Gasteiger charge is -2.34. The molecule has 1 aliphatic rings. The van der Waals surface area contributed by atoms with E-state index in [9.17, 15) is 4.79 Å². The molecule has 5 heteroatoms. The quantitative estimate of drug-likeness (QED) is 0.796. The van der Waals surface area contributed by atoms with E-state index in [1.54, 1.807) is 7.11 Å². The topological polar surface area (TPSA) is 44.8 Å². The van der Waals surface area contributed by atoms with Gasteiger partial charge in [-0.25, -0.2) is 0 Å². The minimum Gasteiger partial charge on any atom is -0.497 e. The molecule has 0 radical (unpaired) electrons. The van der Waals surface area contributed by atoms with Gasteiger partial charge in [0.1, 0.15) is 5.75 Å². The Labute approximate surface area is 168 Å². The van der Waals surface area contributed by atoms with Crippen LogP contribution in [-0.2, 0) is 11.3 Å². The Morgan fingerprint density at radius 3 is 2.14 bits per heavy atom. The molecular formula is C23H31N3O2. The maximum Gasteiger partial charge on any atom is 0.238 e. The lowest BCUT2D eigenvalue weighted by Crippen LogP contribution is -2.48. The van der Waals surface area contributed by atoms with Crippen molar-refractivity contribution in [2.24, 2.45) is 0 Å². The summed E-state index contributed by atoms with van der Waals surface area (Å²) >= 11 is 0. The fourth-order valence-electron chi connectivity index (χ4n) is 3.45. The monoisotopic (exact) mass is 381 g/mol. The summed E-state index contributed by atoms with van der Waals surface area (Å²) in [5, 5.41) is 3.01. The van der Waals surface area contributed by atoms with E-state index in [0.29, 0.717) is 12.5 Å². The van der Waals surface area contributed by atoms with Crippen molar-refractivity contribution < 1.29 is 9.53 Å². The molecule has 0 unspecified atom stereocenters.